The highest BCUT2D eigenvalue weighted by Gasteiger charge is 2.31. The molecule has 9 heteroatoms. The fraction of sp³-hybridized carbons (Fsp3) is 0.417. The first-order valence-corrected chi connectivity index (χ1v) is 13.2. The van der Waals surface area contributed by atoms with Crippen LogP contribution in [0.25, 0.3) is 0 Å². The van der Waals surface area contributed by atoms with Crippen molar-refractivity contribution < 1.29 is 18.0 Å². The molecule has 2 rings (SSSR count). The van der Waals surface area contributed by atoms with Gasteiger partial charge < -0.3 is 10.2 Å². The van der Waals surface area contributed by atoms with Crippen LogP contribution in [0.15, 0.2) is 53.0 Å². The molecule has 2 amide bonds. The first kappa shape index (κ1) is 26.9. The predicted molar refractivity (Wildman–Crippen MR) is 135 cm³/mol. The number of anilines is 1. The molecule has 0 aliphatic heterocycles. The zero-order valence-corrected chi connectivity index (χ0v) is 22.3. The van der Waals surface area contributed by atoms with Gasteiger partial charge in [-0.1, -0.05) is 51.8 Å². The monoisotopic (exact) mass is 537 g/mol. The Morgan fingerprint density at radius 3 is 2.27 bits per heavy atom. The summed E-state index contributed by atoms with van der Waals surface area (Å²) in [6.07, 6.45) is 1.06. The number of carbonyl (C=O) groups is 2. The maximum absolute atomic E-state index is 13.5. The minimum absolute atomic E-state index is 0.176. The molecule has 0 radical (unpaired) electrons. The zero-order valence-electron chi connectivity index (χ0n) is 19.9. The molecule has 1 atom stereocenters. The van der Waals surface area contributed by atoms with Crippen LogP contribution in [0.2, 0.25) is 0 Å². The number of nitrogens with zero attached hydrogens (tertiary/aromatic N) is 2. The van der Waals surface area contributed by atoms with Crippen LogP contribution in [0.5, 0.6) is 0 Å². The third kappa shape index (κ3) is 8.16. The molecule has 0 saturated heterocycles. The minimum atomic E-state index is -3.75. The standard InChI is InChI=1S/C24H32BrN3O4S/c1-17-9-7-10-19(13-17)15-27(18(2)23(30)26-24(3,4)5)22(29)16-28(33(6,31)32)21-12-8-11-20(25)14-21/h7-14,18H,15-16H2,1-6H3,(H,26,30)/t18-/m1/s1. The molecule has 0 aliphatic carbocycles. The van der Waals surface area contributed by atoms with Crippen LogP contribution in [-0.2, 0) is 26.2 Å². The molecule has 0 fully saturated rings. The molecular weight excluding hydrogens is 506 g/mol. The highest BCUT2D eigenvalue weighted by molar-refractivity contribution is 9.10. The van der Waals surface area contributed by atoms with E-state index in [-0.39, 0.29) is 12.5 Å². The van der Waals surface area contributed by atoms with Gasteiger partial charge in [-0.2, -0.15) is 0 Å². The zero-order chi connectivity index (χ0) is 25.0. The second kappa shape index (κ2) is 10.7. The number of hydrogen-bond donors (Lipinski definition) is 1. The molecule has 7 nitrogen and oxygen atoms in total. The first-order valence-electron chi connectivity index (χ1n) is 10.6. The van der Waals surface area contributed by atoms with Gasteiger partial charge in [0.1, 0.15) is 12.6 Å². The summed E-state index contributed by atoms with van der Waals surface area (Å²) in [6, 6.07) is 13.6. The second-order valence-electron chi connectivity index (χ2n) is 9.18. The molecule has 180 valence electrons. The number of aryl methyl sites for hydroxylation is 1. The van der Waals surface area contributed by atoms with Crippen molar-refractivity contribution in [2.75, 3.05) is 17.1 Å². The van der Waals surface area contributed by atoms with E-state index in [1.54, 1.807) is 31.2 Å². The largest absolute Gasteiger partial charge is 0.350 e. The molecule has 2 aromatic rings. The van der Waals surface area contributed by atoms with Crippen molar-refractivity contribution in [3.8, 4) is 0 Å². The lowest BCUT2D eigenvalue weighted by molar-refractivity contribution is -0.140. The van der Waals surface area contributed by atoms with Crippen molar-refractivity contribution in [3.05, 3.63) is 64.1 Å². The maximum Gasteiger partial charge on any atom is 0.244 e. The van der Waals surface area contributed by atoms with Gasteiger partial charge in [-0.05, 0) is 58.4 Å². The van der Waals surface area contributed by atoms with Crippen LogP contribution < -0.4 is 9.62 Å². The molecule has 0 unspecified atom stereocenters. The third-order valence-corrected chi connectivity index (χ3v) is 6.51. The van der Waals surface area contributed by atoms with Gasteiger partial charge in [-0.25, -0.2) is 8.42 Å². The molecule has 0 saturated carbocycles. The van der Waals surface area contributed by atoms with Crippen LogP contribution in [0, 0.1) is 6.92 Å². The summed E-state index contributed by atoms with van der Waals surface area (Å²) in [5, 5.41) is 2.90. The maximum atomic E-state index is 13.5. The fourth-order valence-corrected chi connectivity index (χ4v) is 4.54. The quantitative estimate of drug-likeness (QED) is 0.553. The van der Waals surface area contributed by atoms with E-state index < -0.39 is 34.1 Å². The molecule has 0 aromatic heterocycles. The predicted octanol–water partition coefficient (Wildman–Crippen LogP) is 3.86. The molecule has 0 aliphatic rings. The van der Waals surface area contributed by atoms with E-state index in [9.17, 15) is 18.0 Å². The molecule has 0 spiro atoms. The Morgan fingerprint density at radius 2 is 1.73 bits per heavy atom. The third-order valence-electron chi connectivity index (χ3n) is 4.88. The van der Waals surface area contributed by atoms with Crippen LogP contribution in [0.4, 0.5) is 5.69 Å². The number of nitrogens with one attached hydrogen (secondary N) is 1. The summed E-state index contributed by atoms with van der Waals surface area (Å²) >= 11 is 3.34. The van der Waals surface area contributed by atoms with Crippen LogP contribution in [0.1, 0.15) is 38.8 Å². The van der Waals surface area contributed by atoms with Crippen molar-refractivity contribution in [3.63, 3.8) is 0 Å². The lowest BCUT2D eigenvalue weighted by atomic mass is 10.1. The summed E-state index contributed by atoms with van der Waals surface area (Å²) in [5.74, 6) is -0.782. The fourth-order valence-electron chi connectivity index (χ4n) is 3.31. The lowest BCUT2D eigenvalue weighted by Gasteiger charge is -2.33. The molecule has 2 aromatic carbocycles. The second-order valence-corrected chi connectivity index (χ2v) is 12.0. The number of hydrogen-bond acceptors (Lipinski definition) is 4. The summed E-state index contributed by atoms with van der Waals surface area (Å²) in [5.41, 5.74) is 1.77. The Labute approximate surface area is 205 Å². The molecule has 0 bridgehead atoms. The van der Waals surface area contributed by atoms with Crippen molar-refractivity contribution in [1.29, 1.82) is 0 Å². The van der Waals surface area contributed by atoms with Crippen LogP contribution in [0.3, 0.4) is 0 Å². The van der Waals surface area contributed by atoms with E-state index in [1.807, 2.05) is 52.0 Å². The number of halogens is 1. The molecule has 1 N–H and O–H groups in total. The number of benzene rings is 2. The minimum Gasteiger partial charge on any atom is -0.350 e. The van der Waals surface area contributed by atoms with Gasteiger partial charge in [0.2, 0.25) is 21.8 Å². The Balaban J connectivity index is 2.41. The average Bonchev–Trinajstić information content (AvgIpc) is 2.67. The van der Waals surface area contributed by atoms with E-state index in [0.29, 0.717) is 10.2 Å². The van der Waals surface area contributed by atoms with Crippen LogP contribution in [-0.4, -0.2) is 49.5 Å². The van der Waals surface area contributed by atoms with Crippen LogP contribution >= 0.6 is 15.9 Å². The van der Waals surface area contributed by atoms with Crippen molar-refractivity contribution in [2.45, 2.75) is 52.7 Å². The van der Waals surface area contributed by atoms with E-state index in [0.717, 1.165) is 21.7 Å². The van der Waals surface area contributed by atoms with E-state index in [4.69, 9.17) is 0 Å². The van der Waals surface area contributed by atoms with Gasteiger partial charge in [0.25, 0.3) is 0 Å². The van der Waals surface area contributed by atoms with E-state index in [1.165, 1.54) is 4.90 Å². The Hall–Kier alpha value is -2.39. The molecule has 33 heavy (non-hydrogen) atoms. The van der Waals surface area contributed by atoms with Gasteiger partial charge >= 0.3 is 0 Å². The number of sulfonamides is 1. The van der Waals surface area contributed by atoms with E-state index >= 15 is 0 Å². The SMILES string of the molecule is Cc1cccc(CN(C(=O)CN(c2cccc(Br)c2)S(C)(=O)=O)[C@H](C)C(=O)NC(C)(C)C)c1. The first-order chi connectivity index (χ1) is 15.2. The van der Waals surface area contributed by atoms with Crippen molar-refractivity contribution >= 4 is 43.5 Å². The Bertz CT molecular complexity index is 1110. The van der Waals surface area contributed by atoms with Gasteiger partial charge in [0.15, 0.2) is 0 Å². The smallest absolute Gasteiger partial charge is 0.244 e. The molecular formula is C24H32BrN3O4S. The summed E-state index contributed by atoms with van der Waals surface area (Å²) in [6.45, 7) is 8.95. The van der Waals surface area contributed by atoms with Crippen molar-refractivity contribution in [1.82, 2.24) is 10.2 Å². The highest BCUT2D eigenvalue weighted by Crippen LogP contribution is 2.23. The number of amides is 2. The Morgan fingerprint density at radius 1 is 1.09 bits per heavy atom. The molecule has 0 heterocycles. The lowest BCUT2D eigenvalue weighted by Crippen LogP contribution is -2.54. The van der Waals surface area contributed by atoms with Gasteiger partial charge in [0, 0.05) is 16.6 Å². The highest BCUT2D eigenvalue weighted by atomic mass is 79.9. The summed E-state index contributed by atoms with van der Waals surface area (Å²) in [7, 11) is -3.75. The summed E-state index contributed by atoms with van der Waals surface area (Å²) < 4.78 is 26.9. The van der Waals surface area contributed by atoms with E-state index in [2.05, 4.69) is 21.2 Å². The number of rotatable bonds is 8. The van der Waals surface area contributed by atoms with Crippen molar-refractivity contribution in [2.24, 2.45) is 0 Å². The van der Waals surface area contributed by atoms with Gasteiger partial charge in [0.05, 0.1) is 11.9 Å². The van der Waals surface area contributed by atoms with Gasteiger partial charge in [-0.3, -0.25) is 13.9 Å². The average molecular weight is 539 g/mol. The normalized spacial score (nSPS) is 12.7. The Kier molecular flexibility index (Phi) is 8.70. The summed E-state index contributed by atoms with van der Waals surface area (Å²) in [4.78, 5) is 27.8. The van der Waals surface area contributed by atoms with Gasteiger partial charge in [-0.15, -0.1) is 0 Å². The topological polar surface area (TPSA) is 86.8 Å². The number of carbonyl (C=O) groups excluding carboxylic acids is 2.